The average Bonchev–Trinajstić information content (AvgIpc) is 3.75. The predicted molar refractivity (Wildman–Crippen MR) is 163 cm³/mol. The summed E-state index contributed by atoms with van der Waals surface area (Å²) >= 11 is 0. The molecule has 0 radical (unpaired) electrons. The van der Waals surface area contributed by atoms with E-state index in [2.05, 4.69) is 31.7 Å². The maximum Gasteiger partial charge on any atom is 0.335 e. The van der Waals surface area contributed by atoms with Crippen LogP contribution in [0.2, 0.25) is 0 Å². The Hall–Kier alpha value is -1.99. The van der Waals surface area contributed by atoms with E-state index in [9.17, 15) is 30.3 Å². The highest BCUT2D eigenvalue weighted by Crippen LogP contribution is 2.78. The van der Waals surface area contributed by atoms with Gasteiger partial charge in [0, 0.05) is 42.0 Å². The average molecular weight is 644 g/mol. The first-order valence-corrected chi connectivity index (χ1v) is 17.1. The van der Waals surface area contributed by atoms with E-state index in [0.29, 0.717) is 11.8 Å². The summed E-state index contributed by atoms with van der Waals surface area (Å²) in [6.07, 6.45) is -2.16. The van der Waals surface area contributed by atoms with Gasteiger partial charge in [-0.1, -0.05) is 26.8 Å². The lowest BCUT2D eigenvalue weighted by Crippen LogP contribution is -2.83. The van der Waals surface area contributed by atoms with Crippen molar-refractivity contribution in [1.29, 1.82) is 0 Å². The minimum absolute atomic E-state index is 0.169. The standard InChI is InChI=1S/C35H49NO10/c1-31(2,3)32(4,42)20-15-33-10-11-35(20,43-5)30-34(33)12-13-36(16-17-6-7-17)21(33)14-18-8-9-19(26(46-30)22(18)34)44-29-25(39)23(37)24(38)27(45-29)28(40)41/h8-9,17,20-21,23-25,27,29-30,37-39,42H,6-7,10-16H2,1-5H3,(H,40,41)/t20?,21-,23?,24+,25-,27?,29?,30?,32?,33?,34+,35?/m1/s1. The van der Waals surface area contributed by atoms with Crippen molar-refractivity contribution < 1.29 is 49.3 Å². The molecule has 11 heteroatoms. The number of carboxylic acids is 1. The van der Waals surface area contributed by atoms with E-state index in [0.717, 1.165) is 56.7 Å². The van der Waals surface area contributed by atoms with Gasteiger partial charge in [-0.25, -0.2) is 4.79 Å². The van der Waals surface area contributed by atoms with Crippen LogP contribution in [0.1, 0.15) is 77.3 Å². The van der Waals surface area contributed by atoms with Crippen LogP contribution in [0.3, 0.4) is 0 Å². The number of fused-ring (bicyclic) bond motifs is 2. The highest BCUT2D eigenvalue weighted by Gasteiger charge is 2.82. The Bertz CT molecular complexity index is 1440. The number of rotatable bonds is 7. The van der Waals surface area contributed by atoms with Gasteiger partial charge < -0.3 is 44.5 Å². The fraction of sp³-hybridized carbons (Fsp3) is 0.800. The minimum Gasteiger partial charge on any atom is -0.482 e. The molecule has 5 N–H and O–H groups in total. The maximum absolute atomic E-state index is 12.4. The lowest BCUT2D eigenvalue weighted by Gasteiger charge is -2.75. The van der Waals surface area contributed by atoms with E-state index in [1.54, 1.807) is 13.2 Å². The van der Waals surface area contributed by atoms with Gasteiger partial charge in [-0.2, -0.15) is 0 Å². The van der Waals surface area contributed by atoms with Gasteiger partial charge in [-0.3, -0.25) is 4.90 Å². The lowest BCUT2D eigenvalue weighted by molar-refractivity contribution is -0.312. The van der Waals surface area contributed by atoms with Crippen molar-refractivity contribution >= 4 is 5.97 Å². The second-order valence-electron chi connectivity index (χ2n) is 16.6. The fourth-order valence-corrected chi connectivity index (χ4v) is 10.9. The minimum atomic E-state index is -1.81. The molecule has 9 rings (SSSR count). The van der Waals surface area contributed by atoms with Crippen molar-refractivity contribution in [3.8, 4) is 11.5 Å². The molecule has 3 aliphatic heterocycles. The topological polar surface area (TPSA) is 158 Å². The summed E-state index contributed by atoms with van der Waals surface area (Å²) in [6, 6.07) is 4.14. The zero-order valence-corrected chi connectivity index (χ0v) is 27.4. The van der Waals surface area contributed by atoms with E-state index >= 15 is 0 Å². The van der Waals surface area contributed by atoms with Crippen LogP contribution in [0.4, 0.5) is 0 Å². The summed E-state index contributed by atoms with van der Waals surface area (Å²) in [7, 11) is 1.75. The zero-order chi connectivity index (χ0) is 32.8. The molecule has 0 amide bonds. The zero-order valence-electron chi connectivity index (χ0n) is 27.4. The second kappa shape index (κ2) is 9.80. The van der Waals surface area contributed by atoms with Gasteiger partial charge >= 0.3 is 5.97 Å². The third-order valence-electron chi connectivity index (χ3n) is 13.9. The third-order valence-corrected chi connectivity index (χ3v) is 13.9. The number of aliphatic carboxylic acids is 1. The van der Waals surface area contributed by atoms with Crippen LogP contribution in [0.25, 0.3) is 0 Å². The molecule has 6 fully saturated rings. The van der Waals surface area contributed by atoms with Crippen LogP contribution in [0, 0.1) is 22.7 Å². The van der Waals surface area contributed by atoms with Crippen LogP contribution in [-0.4, -0.2) is 111 Å². The molecule has 8 unspecified atom stereocenters. The number of likely N-dealkylation sites (tertiary alicyclic amines) is 1. The Morgan fingerprint density at radius 1 is 1.07 bits per heavy atom. The van der Waals surface area contributed by atoms with Crippen LogP contribution in [-0.2, 0) is 26.1 Å². The molecule has 0 aromatic heterocycles. The molecule has 12 atom stereocenters. The second-order valence-corrected chi connectivity index (χ2v) is 16.6. The monoisotopic (exact) mass is 643 g/mol. The van der Waals surface area contributed by atoms with Crippen LogP contribution < -0.4 is 9.47 Å². The highest BCUT2D eigenvalue weighted by atomic mass is 16.7. The molecule has 8 aliphatic rings. The number of hydrogen-bond acceptors (Lipinski definition) is 10. The van der Waals surface area contributed by atoms with Gasteiger partial charge in [0.1, 0.15) is 30.0 Å². The van der Waals surface area contributed by atoms with Crippen molar-refractivity contribution in [1.82, 2.24) is 4.90 Å². The first-order chi connectivity index (χ1) is 21.6. The Morgan fingerprint density at radius 3 is 2.46 bits per heavy atom. The van der Waals surface area contributed by atoms with Gasteiger partial charge in [0.15, 0.2) is 17.6 Å². The molecule has 46 heavy (non-hydrogen) atoms. The molecule has 1 aromatic carbocycles. The maximum atomic E-state index is 12.4. The van der Waals surface area contributed by atoms with Gasteiger partial charge in [-0.05, 0) is 81.4 Å². The van der Waals surface area contributed by atoms with E-state index in [4.69, 9.17) is 18.9 Å². The Labute approximate surface area is 269 Å². The molecule has 4 bridgehead atoms. The van der Waals surface area contributed by atoms with Gasteiger partial charge in [0.25, 0.3) is 0 Å². The Morgan fingerprint density at radius 2 is 1.80 bits per heavy atom. The van der Waals surface area contributed by atoms with Crippen molar-refractivity contribution in [2.24, 2.45) is 22.7 Å². The number of aliphatic hydroxyl groups is 4. The molecule has 1 aromatic rings. The number of carbonyl (C=O) groups is 1. The van der Waals surface area contributed by atoms with Gasteiger partial charge in [-0.15, -0.1) is 0 Å². The van der Waals surface area contributed by atoms with E-state index in [1.165, 1.54) is 18.4 Å². The molecule has 2 saturated heterocycles. The van der Waals surface area contributed by atoms with E-state index in [1.807, 2.05) is 6.92 Å². The molecule has 4 saturated carbocycles. The molecule has 3 heterocycles. The van der Waals surface area contributed by atoms with Crippen molar-refractivity contribution in [3.05, 3.63) is 23.3 Å². The number of benzene rings is 1. The predicted octanol–water partition coefficient (Wildman–Crippen LogP) is 1.98. The Balaban J connectivity index is 1.27. The summed E-state index contributed by atoms with van der Waals surface area (Å²) in [5.74, 6) is -0.0821. The van der Waals surface area contributed by atoms with E-state index < -0.39 is 59.4 Å². The molecule has 254 valence electrons. The smallest absolute Gasteiger partial charge is 0.335 e. The van der Waals surface area contributed by atoms with Crippen LogP contribution >= 0.6 is 0 Å². The number of aliphatic hydroxyl groups excluding tert-OH is 3. The van der Waals surface area contributed by atoms with E-state index in [-0.39, 0.29) is 22.5 Å². The summed E-state index contributed by atoms with van der Waals surface area (Å²) in [5, 5.41) is 53.6. The lowest BCUT2D eigenvalue weighted by atomic mass is 9.33. The third kappa shape index (κ3) is 3.76. The molecule has 5 aliphatic carbocycles. The summed E-state index contributed by atoms with van der Waals surface area (Å²) in [6.45, 7) is 10.3. The van der Waals surface area contributed by atoms with Gasteiger partial charge in [0.05, 0.1) is 5.60 Å². The number of ether oxygens (including phenoxy) is 4. The first kappa shape index (κ1) is 31.3. The van der Waals surface area contributed by atoms with Crippen molar-refractivity contribution in [3.63, 3.8) is 0 Å². The molecular formula is C35H49NO10. The number of carboxylic acid groups (broad SMARTS) is 1. The number of nitrogens with zero attached hydrogens (tertiary/aromatic N) is 1. The summed E-state index contributed by atoms with van der Waals surface area (Å²) in [4.78, 5) is 14.5. The molecule has 2 spiro atoms. The largest absolute Gasteiger partial charge is 0.482 e. The quantitative estimate of drug-likeness (QED) is 0.296. The number of piperidine rings is 1. The summed E-state index contributed by atoms with van der Waals surface area (Å²) in [5.41, 5.74) is -0.512. The highest BCUT2D eigenvalue weighted by molar-refractivity contribution is 5.73. The Kier molecular flexibility index (Phi) is 6.67. The normalized spacial score (nSPS) is 45.5. The molecule has 11 nitrogen and oxygen atoms in total. The van der Waals surface area contributed by atoms with Crippen LogP contribution in [0.15, 0.2) is 12.1 Å². The van der Waals surface area contributed by atoms with Crippen molar-refractivity contribution in [2.75, 3.05) is 20.2 Å². The fourth-order valence-electron chi connectivity index (χ4n) is 10.9. The summed E-state index contributed by atoms with van der Waals surface area (Å²) < 4.78 is 25.5. The van der Waals surface area contributed by atoms with Crippen molar-refractivity contribution in [2.45, 2.75) is 132 Å². The number of hydrogen-bond donors (Lipinski definition) is 5. The van der Waals surface area contributed by atoms with Gasteiger partial charge in [0.2, 0.25) is 6.29 Å². The SMILES string of the molecule is COC12CCC3(CC1C(C)(O)C(C)(C)C)[C@H]1Cc4ccc(OC5OC(C(=O)O)[C@@H](O)C(O)[C@H]5O)c5c4[C@@]3(CCN1CC1CC1)C2O5. The first-order valence-electron chi connectivity index (χ1n) is 17.1. The molecular weight excluding hydrogens is 594 g/mol. The van der Waals surface area contributed by atoms with Crippen LogP contribution in [0.5, 0.6) is 11.5 Å². The number of methoxy groups -OCH3 is 1.